The average molecular weight is 400 g/mol. The van der Waals surface area contributed by atoms with Gasteiger partial charge < -0.3 is 9.32 Å². The van der Waals surface area contributed by atoms with Gasteiger partial charge in [0.25, 0.3) is 0 Å². The minimum absolute atomic E-state index is 0. The Hall–Kier alpha value is -1.52. The van der Waals surface area contributed by atoms with Gasteiger partial charge in [0.15, 0.2) is 0 Å². The van der Waals surface area contributed by atoms with Gasteiger partial charge in [-0.3, -0.25) is 4.99 Å². The predicted molar refractivity (Wildman–Crippen MR) is 110 cm³/mol. The second kappa shape index (κ2) is 9.83. The van der Waals surface area contributed by atoms with Crippen LogP contribution in [0.2, 0.25) is 5.02 Å². The Morgan fingerprint density at radius 3 is 2.40 bits per heavy atom. The molecule has 0 bridgehead atoms. The number of hydrogen-bond acceptors (Lipinski definition) is 3. The molecule has 0 N–H and O–H groups in total. The number of likely N-dealkylation sites (N-methyl/N-ethyl adjacent to an activating group) is 1. The molecule has 0 unspecified atom stereocenters. The van der Waals surface area contributed by atoms with Gasteiger partial charge >= 0.3 is 0 Å². The fourth-order valence-corrected chi connectivity index (χ4v) is 2.56. The lowest BCUT2D eigenvalue weighted by molar-refractivity contribution is 0.419. The molecule has 3 nitrogen and oxygen atoms in total. The molecule has 2 aromatic carbocycles. The Balaban J connectivity index is 0.00000156. The van der Waals surface area contributed by atoms with Crippen molar-refractivity contribution in [1.29, 1.82) is 0 Å². The molecule has 0 aliphatic heterocycles. The topological polar surface area (TPSA) is 28.7 Å². The van der Waals surface area contributed by atoms with Crippen LogP contribution in [0.4, 0.5) is 0 Å². The van der Waals surface area contributed by atoms with Gasteiger partial charge in [0, 0.05) is 28.6 Å². The zero-order chi connectivity index (χ0) is 16.2. The third kappa shape index (κ3) is 5.48. The molecule has 1 heterocycles. The van der Waals surface area contributed by atoms with Crippen LogP contribution in [0.3, 0.4) is 0 Å². The van der Waals surface area contributed by atoms with E-state index in [0.717, 1.165) is 40.7 Å². The predicted octanol–water partition coefficient (Wildman–Crippen LogP) is 5.06. The SMILES string of the molecule is CN(C)CCN=c1cc(-c2ccccc2)oc2ccc(Cl)cc12.Cl.Cl. The van der Waals surface area contributed by atoms with Gasteiger partial charge in [-0.1, -0.05) is 41.9 Å². The summed E-state index contributed by atoms with van der Waals surface area (Å²) in [5, 5.41) is 2.54. The second-order valence-corrected chi connectivity index (χ2v) is 6.12. The molecule has 0 atom stereocenters. The van der Waals surface area contributed by atoms with Crippen molar-refractivity contribution in [3.8, 4) is 11.3 Å². The van der Waals surface area contributed by atoms with Gasteiger partial charge in [0.05, 0.1) is 11.9 Å². The highest BCUT2D eigenvalue weighted by Crippen LogP contribution is 2.23. The van der Waals surface area contributed by atoms with Crippen molar-refractivity contribution >= 4 is 47.4 Å². The molecular formula is C19H21Cl3N2O. The van der Waals surface area contributed by atoms with Crippen molar-refractivity contribution in [1.82, 2.24) is 4.90 Å². The summed E-state index contributed by atoms with van der Waals surface area (Å²) in [7, 11) is 4.08. The van der Waals surface area contributed by atoms with Crippen LogP contribution in [0.15, 0.2) is 64.0 Å². The Morgan fingerprint density at radius 1 is 1.00 bits per heavy atom. The smallest absolute Gasteiger partial charge is 0.136 e. The molecule has 0 fully saturated rings. The van der Waals surface area contributed by atoms with Crippen molar-refractivity contribution in [3.05, 3.63) is 65.0 Å². The molecule has 1 aromatic heterocycles. The van der Waals surface area contributed by atoms with E-state index >= 15 is 0 Å². The van der Waals surface area contributed by atoms with Crippen molar-refractivity contribution in [2.24, 2.45) is 4.99 Å². The van der Waals surface area contributed by atoms with E-state index in [1.165, 1.54) is 0 Å². The van der Waals surface area contributed by atoms with Gasteiger partial charge in [0.2, 0.25) is 0 Å². The first kappa shape index (κ1) is 21.5. The van der Waals surface area contributed by atoms with E-state index in [-0.39, 0.29) is 24.8 Å². The van der Waals surface area contributed by atoms with E-state index < -0.39 is 0 Å². The molecule has 0 aliphatic rings. The molecule has 3 aromatic rings. The van der Waals surface area contributed by atoms with E-state index in [1.54, 1.807) is 0 Å². The summed E-state index contributed by atoms with van der Waals surface area (Å²) in [4.78, 5) is 6.86. The molecule has 6 heteroatoms. The molecular weight excluding hydrogens is 379 g/mol. The first-order valence-corrected chi connectivity index (χ1v) is 7.95. The Morgan fingerprint density at radius 2 is 1.72 bits per heavy atom. The minimum Gasteiger partial charge on any atom is -0.456 e. The minimum atomic E-state index is 0. The van der Waals surface area contributed by atoms with Gasteiger partial charge in [-0.2, -0.15) is 0 Å². The zero-order valence-electron chi connectivity index (χ0n) is 14.1. The third-order valence-corrected chi connectivity index (χ3v) is 3.83. The van der Waals surface area contributed by atoms with Crippen LogP contribution >= 0.6 is 36.4 Å². The molecule has 0 saturated heterocycles. The van der Waals surface area contributed by atoms with Crippen LogP contribution in [0.5, 0.6) is 0 Å². The summed E-state index contributed by atoms with van der Waals surface area (Å²) >= 11 is 6.14. The summed E-state index contributed by atoms with van der Waals surface area (Å²) < 4.78 is 6.04. The molecule has 0 spiro atoms. The Labute approximate surface area is 165 Å². The highest BCUT2D eigenvalue weighted by atomic mass is 35.5. The van der Waals surface area contributed by atoms with Gasteiger partial charge in [-0.05, 0) is 32.3 Å². The number of fused-ring (bicyclic) bond motifs is 1. The first-order valence-electron chi connectivity index (χ1n) is 7.57. The van der Waals surface area contributed by atoms with E-state index in [1.807, 2.05) is 68.7 Å². The van der Waals surface area contributed by atoms with Crippen molar-refractivity contribution < 1.29 is 4.42 Å². The van der Waals surface area contributed by atoms with Gasteiger partial charge in [0.1, 0.15) is 11.3 Å². The first-order chi connectivity index (χ1) is 11.1. The summed E-state index contributed by atoms with van der Waals surface area (Å²) in [5.74, 6) is 0.809. The van der Waals surface area contributed by atoms with Gasteiger partial charge in [-0.15, -0.1) is 24.8 Å². The fraction of sp³-hybridized carbons (Fsp3) is 0.211. The summed E-state index contributed by atoms with van der Waals surface area (Å²) in [5.41, 5.74) is 1.83. The average Bonchev–Trinajstić information content (AvgIpc) is 2.55. The third-order valence-electron chi connectivity index (χ3n) is 3.59. The monoisotopic (exact) mass is 398 g/mol. The molecule has 134 valence electrons. The zero-order valence-corrected chi connectivity index (χ0v) is 16.5. The summed E-state index contributed by atoms with van der Waals surface area (Å²) in [6, 6.07) is 17.7. The lowest BCUT2D eigenvalue weighted by Crippen LogP contribution is -2.17. The maximum Gasteiger partial charge on any atom is 0.136 e. The lowest BCUT2D eigenvalue weighted by Gasteiger charge is -2.07. The van der Waals surface area contributed by atoms with Crippen LogP contribution in [-0.4, -0.2) is 32.1 Å². The Kier molecular flexibility index (Phi) is 8.46. The quantitative estimate of drug-likeness (QED) is 0.613. The molecule has 25 heavy (non-hydrogen) atoms. The number of benzene rings is 2. The maximum absolute atomic E-state index is 6.14. The summed E-state index contributed by atoms with van der Waals surface area (Å²) in [6.07, 6.45) is 0. The second-order valence-electron chi connectivity index (χ2n) is 5.69. The molecule has 3 rings (SSSR count). The van der Waals surface area contributed by atoms with E-state index in [9.17, 15) is 0 Å². The maximum atomic E-state index is 6.14. The number of hydrogen-bond donors (Lipinski definition) is 0. The molecule has 0 radical (unpaired) electrons. The molecule has 0 amide bonds. The molecule has 0 aliphatic carbocycles. The largest absolute Gasteiger partial charge is 0.456 e. The van der Waals surface area contributed by atoms with Crippen LogP contribution in [0.1, 0.15) is 0 Å². The standard InChI is InChI=1S/C19H19ClN2O.2ClH/c1-22(2)11-10-21-17-13-19(14-6-4-3-5-7-14)23-18-9-8-15(20)12-16(17)18;;/h3-9,12-13H,10-11H2,1-2H3;2*1H. The van der Waals surface area contributed by atoms with E-state index in [2.05, 4.69) is 4.90 Å². The van der Waals surface area contributed by atoms with Crippen LogP contribution in [0.25, 0.3) is 22.3 Å². The van der Waals surface area contributed by atoms with E-state index in [4.69, 9.17) is 21.0 Å². The fourth-order valence-electron chi connectivity index (χ4n) is 2.39. The van der Waals surface area contributed by atoms with Crippen LogP contribution in [-0.2, 0) is 0 Å². The van der Waals surface area contributed by atoms with Gasteiger partial charge in [-0.25, -0.2) is 0 Å². The van der Waals surface area contributed by atoms with Crippen LogP contribution in [0, 0.1) is 0 Å². The Bertz CT molecular complexity index is 877. The summed E-state index contributed by atoms with van der Waals surface area (Å²) in [6.45, 7) is 1.63. The number of rotatable bonds is 4. The highest BCUT2D eigenvalue weighted by Gasteiger charge is 2.06. The molecule has 0 saturated carbocycles. The van der Waals surface area contributed by atoms with E-state index in [0.29, 0.717) is 5.02 Å². The van der Waals surface area contributed by atoms with Crippen molar-refractivity contribution in [2.75, 3.05) is 27.2 Å². The highest BCUT2D eigenvalue weighted by molar-refractivity contribution is 6.31. The van der Waals surface area contributed by atoms with Crippen molar-refractivity contribution in [3.63, 3.8) is 0 Å². The lowest BCUT2D eigenvalue weighted by atomic mass is 10.1. The van der Waals surface area contributed by atoms with Crippen LogP contribution < -0.4 is 5.36 Å². The number of halogens is 3. The van der Waals surface area contributed by atoms with Crippen molar-refractivity contribution in [2.45, 2.75) is 0 Å². The normalized spacial score (nSPS) is 11.3. The number of nitrogens with zero attached hydrogens (tertiary/aromatic N) is 2.